The summed E-state index contributed by atoms with van der Waals surface area (Å²) in [7, 11) is 2.08. The van der Waals surface area contributed by atoms with Crippen molar-refractivity contribution >= 4 is 0 Å². The van der Waals surface area contributed by atoms with Crippen LogP contribution in [0.3, 0.4) is 0 Å². The molecule has 3 heteroatoms. The molecule has 3 nitrogen and oxygen atoms in total. The predicted octanol–water partition coefficient (Wildman–Crippen LogP) is 2.25. The monoisotopic (exact) mass is 211 g/mol. The van der Waals surface area contributed by atoms with E-state index in [2.05, 4.69) is 32.7 Å². The fourth-order valence-corrected chi connectivity index (χ4v) is 1.72. The van der Waals surface area contributed by atoms with Crippen molar-refractivity contribution < 1.29 is 9.52 Å². The van der Waals surface area contributed by atoms with E-state index in [1.165, 1.54) is 0 Å². The van der Waals surface area contributed by atoms with Crippen LogP contribution >= 0.6 is 0 Å². The highest BCUT2D eigenvalue weighted by Crippen LogP contribution is 2.16. The molecule has 0 spiro atoms. The number of aliphatic hydroxyl groups excluding tert-OH is 1. The molecule has 0 fully saturated rings. The second-order valence-corrected chi connectivity index (χ2v) is 5.26. The summed E-state index contributed by atoms with van der Waals surface area (Å²) in [6.45, 7) is 8.42. The Kier molecular flexibility index (Phi) is 3.94. The van der Waals surface area contributed by atoms with Gasteiger partial charge in [-0.15, -0.1) is 0 Å². The highest BCUT2D eigenvalue weighted by atomic mass is 16.4. The maximum Gasteiger partial charge on any atom is 0.129 e. The third kappa shape index (κ3) is 4.49. The molecule has 0 atom stereocenters. The molecule has 0 saturated carbocycles. The van der Waals surface area contributed by atoms with E-state index in [4.69, 9.17) is 9.52 Å². The molecule has 0 amide bonds. The van der Waals surface area contributed by atoms with E-state index >= 15 is 0 Å². The second-order valence-electron chi connectivity index (χ2n) is 5.26. The lowest BCUT2D eigenvalue weighted by atomic mass is 9.96. The Morgan fingerprint density at radius 3 is 2.33 bits per heavy atom. The molecule has 0 aliphatic rings. The van der Waals surface area contributed by atoms with E-state index in [0.717, 1.165) is 18.8 Å². The number of hydrogen-bond donors (Lipinski definition) is 1. The van der Waals surface area contributed by atoms with E-state index in [1.54, 1.807) is 0 Å². The summed E-state index contributed by atoms with van der Waals surface area (Å²) in [6.07, 6.45) is 0. The van der Waals surface area contributed by atoms with Gasteiger partial charge in [0, 0.05) is 6.54 Å². The second kappa shape index (κ2) is 4.81. The van der Waals surface area contributed by atoms with E-state index in [1.807, 2.05) is 12.1 Å². The number of furan rings is 1. The van der Waals surface area contributed by atoms with Crippen LogP contribution in [-0.2, 0) is 13.2 Å². The van der Waals surface area contributed by atoms with E-state index in [-0.39, 0.29) is 6.61 Å². The Balaban J connectivity index is 2.47. The first kappa shape index (κ1) is 12.3. The standard InChI is InChI=1S/C12H21NO2/c1-12(2,3)9-13(4)7-10-5-6-11(8-14)15-10/h5-6,14H,7-9H2,1-4H3. The van der Waals surface area contributed by atoms with Gasteiger partial charge in [0.15, 0.2) is 0 Å². The Bertz CT molecular complexity index is 299. The molecule has 1 aromatic rings. The first-order valence-electron chi connectivity index (χ1n) is 5.28. The van der Waals surface area contributed by atoms with Gasteiger partial charge in [0.25, 0.3) is 0 Å². The van der Waals surface area contributed by atoms with Crippen LogP contribution in [0.15, 0.2) is 16.5 Å². The van der Waals surface area contributed by atoms with Gasteiger partial charge >= 0.3 is 0 Å². The van der Waals surface area contributed by atoms with Crippen LogP contribution in [0.2, 0.25) is 0 Å². The quantitative estimate of drug-likeness (QED) is 0.830. The van der Waals surface area contributed by atoms with E-state index < -0.39 is 0 Å². The van der Waals surface area contributed by atoms with E-state index in [9.17, 15) is 0 Å². The maximum atomic E-state index is 8.86. The molecule has 1 heterocycles. The average Bonchev–Trinajstić information content (AvgIpc) is 2.48. The zero-order valence-corrected chi connectivity index (χ0v) is 10.1. The van der Waals surface area contributed by atoms with Crippen molar-refractivity contribution in [3.63, 3.8) is 0 Å². The number of rotatable bonds is 4. The van der Waals surface area contributed by atoms with Gasteiger partial charge in [-0.1, -0.05) is 20.8 Å². The Labute approximate surface area is 91.7 Å². The number of hydrogen-bond acceptors (Lipinski definition) is 3. The SMILES string of the molecule is CN(Cc1ccc(CO)o1)CC(C)(C)C. The molecule has 1 N–H and O–H groups in total. The van der Waals surface area contributed by atoms with Crippen LogP contribution < -0.4 is 0 Å². The summed E-state index contributed by atoms with van der Waals surface area (Å²) < 4.78 is 5.43. The van der Waals surface area contributed by atoms with Crippen molar-refractivity contribution in [2.24, 2.45) is 5.41 Å². The molecule has 1 rings (SSSR count). The maximum absolute atomic E-state index is 8.86. The Morgan fingerprint density at radius 2 is 1.87 bits per heavy atom. The molecular weight excluding hydrogens is 190 g/mol. The van der Waals surface area contributed by atoms with E-state index in [0.29, 0.717) is 11.2 Å². The lowest BCUT2D eigenvalue weighted by Gasteiger charge is -2.25. The third-order valence-electron chi connectivity index (χ3n) is 2.04. The van der Waals surface area contributed by atoms with Gasteiger partial charge in [0.1, 0.15) is 18.1 Å². The summed E-state index contributed by atoms with van der Waals surface area (Å²) >= 11 is 0. The minimum atomic E-state index is -0.0248. The van der Waals surface area contributed by atoms with Crippen molar-refractivity contribution in [3.05, 3.63) is 23.7 Å². The summed E-state index contributed by atoms with van der Waals surface area (Å²) in [6, 6.07) is 3.74. The predicted molar refractivity (Wildman–Crippen MR) is 60.4 cm³/mol. The minimum Gasteiger partial charge on any atom is -0.462 e. The highest BCUT2D eigenvalue weighted by Gasteiger charge is 2.14. The zero-order valence-electron chi connectivity index (χ0n) is 10.1. The topological polar surface area (TPSA) is 36.6 Å². The van der Waals surface area contributed by atoms with Gasteiger partial charge in [0.05, 0.1) is 6.54 Å². The lowest BCUT2D eigenvalue weighted by molar-refractivity contribution is 0.198. The minimum absolute atomic E-state index is 0.0248. The largest absolute Gasteiger partial charge is 0.462 e. The van der Waals surface area contributed by atoms with Crippen LogP contribution in [0.5, 0.6) is 0 Å². The number of aliphatic hydroxyl groups is 1. The van der Waals surface area contributed by atoms with Crippen molar-refractivity contribution in [1.82, 2.24) is 4.90 Å². The summed E-state index contributed by atoms with van der Waals surface area (Å²) in [5.41, 5.74) is 0.293. The lowest BCUT2D eigenvalue weighted by Crippen LogP contribution is -2.28. The van der Waals surface area contributed by atoms with Crippen LogP contribution in [0.4, 0.5) is 0 Å². The van der Waals surface area contributed by atoms with Gasteiger partial charge in [0.2, 0.25) is 0 Å². The first-order valence-corrected chi connectivity index (χ1v) is 5.28. The van der Waals surface area contributed by atoms with Crippen LogP contribution in [0, 0.1) is 5.41 Å². The fraction of sp³-hybridized carbons (Fsp3) is 0.667. The average molecular weight is 211 g/mol. The molecule has 0 aliphatic carbocycles. The molecule has 15 heavy (non-hydrogen) atoms. The molecule has 86 valence electrons. The van der Waals surface area contributed by atoms with Crippen LogP contribution in [0.1, 0.15) is 32.3 Å². The van der Waals surface area contributed by atoms with Crippen molar-refractivity contribution in [3.8, 4) is 0 Å². The van der Waals surface area contributed by atoms with Crippen molar-refractivity contribution in [1.29, 1.82) is 0 Å². The number of nitrogens with zero attached hydrogens (tertiary/aromatic N) is 1. The third-order valence-corrected chi connectivity index (χ3v) is 2.04. The smallest absolute Gasteiger partial charge is 0.129 e. The molecular formula is C12H21NO2. The summed E-state index contributed by atoms with van der Waals surface area (Å²) in [5, 5.41) is 8.86. The highest BCUT2D eigenvalue weighted by molar-refractivity contribution is 5.06. The van der Waals surface area contributed by atoms with Crippen LogP contribution in [0.25, 0.3) is 0 Å². The van der Waals surface area contributed by atoms with Crippen molar-refractivity contribution in [2.75, 3.05) is 13.6 Å². The van der Waals surface area contributed by atoms with Gasteiger partial charge in [-0.3, -0.25) is 4.90 Å². The summed E-state index contributed by atoms with van der Waals surface area (Å²) in [4.78, 5) is 2.22. The molecule has 0 bridgehead atoms. The van der Waals surface area contributed by atoms with Gasteiger partial charge in [-0.2, -0.15) is 0 Å². The zero-order chi connectivity index (χ0) is 11.5. The van der Waals surface area contributed by atoms with Gasteiger partial charge < -0.3 is 9.52 Å². The van der Waals surface area contributed by atoms with Crippen LogP contribution in [-0.4, -0.2) is 23.6 Å². The van der Waals surface area contributed by atoms with Crippen molar-refractivity contribution in [2.45, 2.75) is 33.9 Å². The van der Waals surface area contributed by atoms with Gasteiger partial charge in [-0.25, -0.2) is 0 Å². The normalized spacial score (nSPS) is 12.4. The molecule has 0 aromatic carbocycles. The Hall–Kier alpha value is -0.800. The molecule has 1 aromatic heterocycles. The molecule has 0 radical (unpaired) electrons. The van der Waals surface area contributed by atoms with Gasteiger partial charge in [-0.05, 0) is 24.6 Å². The first-order chi connectivity index (χ1) is 6.90. The molecule has 0 saturated heterocycles. The Morgan fingerprint density at radius 1 is 1.27 bits per heavy atom. The fourth-order valence-electron chi connectivity index (χ4n) is 1.72. The molecule has 0 unspecified atom stereocenters. The summed E-state index contributed by atoms with van der Waals surface area (Å²) in [5.74, 6) is 1.54. The molecule has 0 aliphatic heterocycles.